The van der Waals surface area contributed by atoms with Gasteiger partial charge in [0.05, 0.1) is 5.69 Å². The number of nitrogen functional groups attached to an aromatic ring is 1. The van der Waals surface area contributed by atoms with Gasteiger partial charge in [-0.1, -0.05) is 6.92 Å². The standard InChI is InChI=1S/C10H12BrN5/c1-2-3-10-13-14-15-16(10)7-4-5-9(12)8(11)6-7/h4-6H,2-3,12H2,1H3. The lowest BCUT2D eigenvalue weighted by molar-refractivity contribution is 0.745. The van der Waals surface area contributed by atoms with E-state index in [9.17, 15) is 0 Å². The van der Waals surface area contributed by atoms with Gasteiger partial charge < -0.3 is 5.73 Å². The van der Waals surface area contributed by atoms with E-state index >= 15 is 0 Å². The number of nitrogens with zero attached hydrogens (tertiary/aromatic N) is 4. The molecule has 1 heterocycles. The van der Waals surface area contributed by atoms with Crippen molar-refractivity contribution in [3.63, 3.8) is 0 Å². The monoisotopic (exact) mass is 281 g/mol. The Morgan fingerprint density at radius 2 is 2.25 bits per heavy atom. The molecule has 1 aromatic heterocycles. The minimum absolute atomic E-state index is 0.703. The topological polar surface area (TPSA) is 69.6 Å². The molecule has 6 heteroatoms. The summed E-state index contributed by atoms with van der Waals surface area (Å²) in [7, 11) is 0. The normalized spacial score (nSPS) is 10.6. The number of anilines is 1. The average Bonchev–Trinajstić information content (AvgIpc) is 2.71. The number of halogens is 1. The summed E-state index contributed by atoms with van der Waals surface area (Å²) in [6.45, 7) is 2.10. The molecule has 0 unspecified atom stereocenters. The summed E-state index contributed by atoms with van der Waals surface area (Å²) < 4.78 is 2.58. The Bertz CT molecular complexity index is 494. The van der Waals surface area contributed by atoms with E-state index in [0.717, 1.165) is 28.8 Å². The summed E-state index contributed by atoms with van der Waals surface area (Å²) in [6, 6.07) is 5.64. The second-order valence-electron chi connectivity index (χ2n) is 3.46. The highest BCUT2D eigenvalue weighted by atomic mass is 79.9. The van der Waals surface area contributed by atoms with Crippen molar-refractivity contribution in [2.24, 2.45) is 0 Å². The smallest absolute Gasteiger partial charge is 0.156 e. The van der Waals surface area contributed by atoms with Gasteiger partial charge in [0.15, 0.2) is 5.82 Å². The van der Waals surface area contributed by atoms with Gasteiger partial charge in [-0.2, -0.15) is 4.68 Å². The molecule has 0 radical (unpaired) electrons. The van der Waals surface area contributed by atoms with E-state index in [1.165, 1.54) is 0 Å². The molecule has 0 amide bonds. The summed E-state index contributed by atoms with van der Waals surface area (Å²) >= 11 is 3.39. The highest BCUT2D eigenvalue weighted by Crippen LogP contribution is 2.22. The van der Waals surface area contributed by atoms with Crippen molar-refractivity contribution in [1.82, 2.24) is 20.2 Å². The van der Waals surface area contributed by atoms with Gasteiger partial charge in [-0.15, -0.1) is 5.10 Å². The maximum Gasteiger partial charge on any atom is 0.156 e. The lowest BCUT2D eigenvalue weighted by Crippen LogP contribution is -2.03. The van der Waals surface area contributed by atoms with Crippen LogP contribution < -0.4 is 5.73 Å². The van der Waals surface area contributed by atoms with E-state index in [4.69, 9.17) is 5.73 Å². The van der Waals surface area contributed by atoms with Gasteiger partial charge >= 0.3 is 0 Å². The Kier molecular flexibility index (Phi) is 3.19. The molecule has 0 aliphatic carbocycles. The summed E-state index contributed by atoms with van der Waals surface area (Å²) in [4.78, 5) is 0. The Morgan fingerprint density at radius 3 is 2.94 bits per heavy atom. The summed E-state index contributed by atoms with van der Waals surface area (Å²) in [5.41, 5.74) is 7.35. The molecule has 0 aliphatic rings. The van der Waals surface area contributed by atoms with Crippen LogP contribution in [-0.4, -0.2) is 20.2 Å². The van der Waals surface area contributed by atoms with E-state index < -0.39 is 0 Å². The number of hydrogen-bond acceptors (Lipinski definition) is 4. The number of hydrogen-bond donors (Lipinski definition) is 1. The van der Waals surface area contributed by atoms with Gasteiger partial charge in [0.1, 0.15) is 0 Å². The predicted molar refractivity (Wildman–Crippen MR) is 65.3 cm³/mol. The average molecular weight is 282 g/mol. The third-order valence-electron chi connectivity index (χ3n) is 2.24. The fraction of sp³-hybridized carbons (Fsp3) is 0.300. The quantitative estimate of drug-likeness (QED) is 0.874. The van der Waals surface area contributed by atoms with Crippen LogP contribution in [0.15, 0.2) is 22.7 Å². The number of aromatic nitrogens is 4. The summed E-state index contributed by atoms with van der Waals surface area (Å²) in [6.07, 6.45) is 1.87. The number of aryl methyl sites for hydroxylation is 1. The van der Waals surface area contributed by atoms with Crippen LogP contribution >= 0.6 is 15.9 Å². The van der Waals surface area contributed by atoms with Crippen molar-refractivity contribution < 1.29 is 0 Å². The van der Waals surface area contributed by atoms with Gasteiger partial charge in [-0.05, 0) is 51.0 Å². The van der Waals surface area contributed by atoms with E-state index in [1.807, 2.05) is 18.2 Å². The molecule has 0 spiro atoms. The molecule has 2 rings (SSSR count). The highest BCUT2D eigenvalue weighted by molar-refractivity contribution is 9.10. The van der Waals surface area contributed by atoms with Crippen LogP contribution in [0.4, 0.5) is 5.69 Å². The molecule has 0 aliphatic heterocycles. The number of nitrogens with two attached hydrogens (primary N) is 1. The van der Waals surface area contributed by atoms with Crippen LogP contribution in [0, 0.1) is 0 Å². The summed E-state index contributed by atoms with van der Waals surface area (Å²) in [5.74, 6) is 0.860. The van der Waals surface area contributed by atoms with Crippen molar-refractivity contribution in [2.45, 2.75) is 19.8 Å². The third-order valence-corrected chi connectivity index (χ3v) is 2.92. The zero-order valence-electron chi connectivity index (χ0n) is 8.89. The molecule has 0 saturated carbocycles. The molecule has 84 valence electrons. The van der Waals surface area contributed by atoms with E-state index in [0.29, 0.717) is 5.69 Å². The molecule has 0 bridgehead atoms. The number of rotatable bonds is 3. The molecule has 1 aromatic carbocycles. The molecular formula is C10H12BrN5. The van der Waals surface area contributed by atoms with Crippen molar-refractivity contribution in [3.8, 4) is 5.69 Å². The minimum Gasteiger partial charge on any atom is -0.398 e. The second kappa shape index (κ2) is 4.61. The van der Waals surface area contributed by atoms with Crippen LogP contribution in [-0.2, 0) is 6.42 Å². The zero-order valence-corrected chi connectivity index (χ0v) is 10.5. The van der Waals surface area contributed by atoms with Gasteiger partial charge in [0.25, 0.3) is 0 Å². The first-order chi connectivity index (χ1) is 7.72. The molecule has 0 saturated heterocycles. The van der Waals surface area contributed by atoms with Crippen LogP contribution in [0.2, 0.25) is 0 Å². The molecule has 0 fully saturated rings. The Morgan fingerprint density at radius 1 is 1.44 bits per heavy atom. The number of tetrazole rings is 1. The lowest BCUT2D eigenvalue weighted by Gasteiger charge is -2.05. The van der Waals surface area contributed by atoms with Crippen molar-refractivity contribution in [3.05, 3.63) is 28.5 Å². The highest BCUT2D eigenvalue weighted by Gasteiger charge is 2.08. The molecule has 16 heavy (non-hydrogen) atoms. The van der Waals surface area contributed by atoms with E-state index in [-0.39, 0.29) is 0 Å². The third kappa shape index (κ3) is 2.06. The van der Waals surface area contributed by atoms with E-state index in [2.05, 4.69) is 38.4 Å². The number of benzene rings is 1. The van der Waals surface area contributed by atoms with Gasteiger partial charge in [-0.25, -0.2) is 0 Å². The van der Waals surface area contributed by atoms with Gasteiger partial charge in [0, 0.05) is 16.6 Å². The van der Waals surface area contributed by atoms with Crippen molar-refractivity contribution in [1.29, 1.82) is 0 Å². The maximum absolute atomic E-state index is 5.73. The van der Waals surface area contributed by atoms with Crippen LogP contribution in [0.25, 0.3) is 5.69 Å². The molecule has 5 nitrogen and oxygen atoms in total. The fourth-order valence-electron chi connectivity index (χ4n) is 1.43. The maximum atomic E-state index is 5.73. The van der Waals surface area contributed by atoms with Crippen LogP contribution in [0.5, 0.6) is 0 Å². The van der Waals surface area contributed by atoms with Crippen LogP contribution in [0.1, 0.15) is 19.2 Å². The van der Waals surface area contributed by atoms with E-state index in [1.54, 1.807) is 4.68 Å². The summed E-state index contributed by atoms with van der Waals surface area (Å²) in [5, 5.41) is 11.6. The Balaban J connectivity index is 2.42. The first kappa shape index (κ1) is 11.1. The van der Waals surface area contributed by atoms with Crippen molar-refractivity contribution >= 4 is 21.6 Å². The molecule has 0 atom stereocenters. The van der Waals surface area contributed by atoms with Crippen molar-refractivity contribution in [2.75, 3.05) is 5.73 Å². The first-order valence-electron chi connectivity index (χ1n) is 5.05. The molecule has 2 aromatic rings. The molecular weight excluding hydrogens is 270 g/mol. The first-order valence-corrected chi connectivity index (χ1v) is 5.84. The van der Waals surface area contributed by atoms with Gasteiger partial charge in [0.2, 0.25) is 0 Å². The fourth-order valence-corrected chi connectivity index (χ4v) is 1.80. The SMILES string of the molecule is CCCc1nnnn1-c1ccc(N)c(Br)c1. The minimum atomic E-state index is 0.703. The Hall–Kier alpha value is -1.43. The zero-order chi connectivity index (χ0) is 11.5. The van der Waals surface area contributed by atoms with Crippen LogP contribution in [0.3, 0.4) is 0 Å². The molecule has 2 N–H and O–H groups in total. The second-order valence-corrected chi connectivity index (χ2v) is 4.32. The predicted octanol–water partition coefficient (Wildman–Crippen LogP) is 1.96. The lowest BCUT2D eigenvalue weighted by atomic mass is 10.2. The largest absolute Gasteiger partial charge is 0.398 e. The van der Waals surface area contributed by atoms with Gasteiger partial charge in [-0.3, -0.25) is 0 Å². The Labute approximate surface area is 102 Å².